The van der Waals surface area contributed by atoms with E-state index in [9.17, 15) is 4.79 Å². The van der Waals surface area contributed by atoms with E-state index in [0.717, 1.165) is 51.2 Å². The number of nitrogens with one attached hydrogen (secondary N) is 3. The molecule has 3 aromatic rings. The zero-order chi connectivity index (χ0) is 22.2. The summed E-state index contributed by atoms with van der Waals surface area (Å²) in [5, 5.41) is 7.85. The van der Waals surface area contributed by atoms with Gasteiger partial charge in [0, 0.05) is 62.1 Å². The number of para-hydroxylation sites is 2. The monoisotopic (exact) mass is 560 g/mol. The van der Waals surface area contributed by atoms with Gasteiger partial charge in [-0.3, -0.25) is 4.79 Å². The minimum absolute atomic E-state index is 0. The summed E-state index contributed by atoms with van der Waals surface area (Å²) >= 11 is 0. The highest BCUT2D eigenvalue weighted by Gasteiger charge is 2.21. The molecule has 1 aliphatic rings. The minimum atomic E-state index is 0. The number of aliphatic imine (C=N–C) groups is 1. The summed E-state index contributed by atoms with van der Waals surface area (Å²) in [6.07, 6.45) is 2.94. The third-order valence-corrected chi connectivity index (χ3v) is 5.83. The molecule has 4 rings (SSSR count). The number of guanidine groups is 1. The second-order valence-electron chi connectivity index (χ2n) is 7.93. The van der Waals surface area contributed by atoms with Crippen LogP contribution in [0.5, 0.6) is 0 Å². The average molecular weight is 560 g/mol. The van der Waals surface area contributed by atoms with Crippen LogP contribution in [0.4, 0.5) is 5.69 Å². The molecule has 176 valence electrons. The molecular formula is C25H33IN6O. The molecule has 1 amide bonds. The summed E-state index contributed by atoms with van der Waals surface area (Å²) in [5.74, 6) is 0.759. The van der Waals surface area contributed by atoms with Gasteiger partial charge in [0.05, 0.1) is 0 Å². The van der Waals surface area contributed by atoms with Gasteiger partial charge < -0.3 is 25.4 Å². The highest BCUT2D eigenvalue weighted by atomic mass is 127. The summed E-state index contributed by atoms with van der Waals surface area (Å²) < 4.78 is 0. The average Bonchev–Trinajstić information content (AvgIpc) is 3.26. The van der Waals surface area contributed by atoms with Crippen molar-refractivity contribution in [3.63, 3.8) is 0 Å². The largest absolute Gasteiger partial charge is 0.368 e. The van der Waals surface area contributed by atoms with Crippen molar-refractivity contribution in [3.05, 3.63) is 66.4 Å². The van der Waals surface area contributed by atoms with Crippen LogP contribution < -0.4 is 15.5 Å². The van der Waals surface area contributed by atoms with Gasteiger partial charge in [0.2, 0.25) is 5.91 Å². The van der Waals surface area contributed by atoms with Gasteiger partial charge in [-0.05, 0) is 37.1 Å². The van der Waals surface area contributed by atoms with Gasteiger partial charge in [0.15, 0.2) is 5.96 Å². The van der Waals surface area contributed by atoms with Crippen molar-refractivity contribution in [1.29, 1.82) is 0 Å². The number of halogens is 1. The van der Waals surface area contributed by atoms with Gasteiger partial charge in [-0.2, -0.15) is 0 Å². The number of anilines is 1. The smallest absolute Gasteiger partial charge is 0.244 e. The summed E-state index contributed by atoms with van der Waals surface area (Å²) in [6.45, 7) is 6.85. The van der Waals surface area contributed by atoms with Crippen LogP contribution in [0.25, 0.3) is 10.9 Å². The van der Waals surface area contributed by atoms with Crippen molar-refractivity contribution in [3.8, 4) is 0 Å². The SMILES string of the molecule is CCNC(=NCC(=O)N1CCN(c2ccccc2)CC1)NCCc1c[nH]c2ccccc12.I. The number of carbonyl (C=O) groups excluding carboxylic acids is 1. The summed E-state index contributed by atoms with van der Waals surface area (Å²) in [7, 11) is 0. The van der Waals surface area contributed by atoms with Crippen molar-refractivity contribution in [1.82, 2.24) is 20.5 Å². The maximum absolute atomic E-state index is 12.7. The number of benzene rings is 2. The third-order valence-electron chi connectivity index (χ3n) is 5.83. The zero-order valence-electron chi connectivity index (χ0n) is 19.1. The van der Waals surface area contributed by atoms with E-state index in [1.165, 1.54) is 16.6 Å². The molecule has 0 radical (unpaired) electrons. The second kappa shape index (κ2) is 12.5. The first-order chi connectivity index (χ1) is 15.7. The van der Waals surface area contributed by atoms with Crippen molar-refractivity contribution >= 4 is 52.4 Å². The minimum Gasteiger partial charge on any atom is -0.368 e. The van der Waals surface area contributed by atoms with Crippen LogP contribution in [0.15, 0.2) is 65.8 Å². The number of fused-ring (bicyclic) bond motifs is 1. The van der Waals surface area contributed by atoms with Crippen molar-refractivity contribution in [2.24, 2.45) is 4.99 Å². The highest BCUT2D eigenvalue weighted by molar-refractivity contribution is 14.0. The highest BCUT2D eigenvalue weighted by Crippen LogP contribution is 2.18. The Morgan fingerprint density at radius 1 is 1.00 bits per heavy atom. The normalized spacial score (nSPS) is 14.2. The van der Waals surface area contributed by atoms with Crippen LogP contribution in [0.2, 0.25) is 0 Å². The van der Waals surface area contributed by atoms with Crippen LogP contribution in [0, 0.1) is 0 Å². The van der Waals surface area contributed by atoms with Gasteiger partial charge in [0.25, 0.3) is 0 Å². The van der Waals surface area contributed by atoms with E-state index in [2.05, 4.69) is 74.2 Å². The van der Waals surface area contributed by atoms with Gasteiger partial charge in [-0.1, -0.05) is 36.4 Å². The van der Waals surface area contributed by atoms with Crippen LogP contribution in [-0.4, -0.2) is 67.6 Å². The molecule has 7 nitrogen and oxygen atoms in total. The standard InChI is InChI=1S/C25H32N6O.HI/c1-2-26-25(27-13-12-20-18-28-23-11-7-6-10-22(20)23)29-19-24(32)31-16-14-30(15-17-31)21-8-4-3-5-9-21;/h3-11,18,28H,2,12-17,19H2,1H3,(H2,26,27,29);1H. The summed E-state index contributed by atoms with van der Waals surface area (Å²) in [6, 6.07) is 18.7. The van der Waals surface area contributed by atoms with Crippen LogP contribution in [0.1, 0.15) is 12.5 Å². The Kier molecular flexibility index (Phi) is 9.41. The molecule has 0 bridgehead atoms. The summed E-state index contributed by atoms with van der Waals surface area (Å²) in [5.41, 5.74) is 3.64. The number of piperazine rings is 1. The van der Waals surface area contributed by atoms with Crippen LogP contribution in [-0.2, 0) is 11.2 Å². The number of amides is 1. The van der Waals surface area contributed by atoms with E-state index in [1.54, 1.807) is 0 Å². The molecule has 0 saturated carbocycles. The Morgan fingerprint density at radius 2 is 1.73 bits per heavy atom. The van der Waals surface area contributed by atoms with E-state index in [4.69, 9.17) is 0 Å². The van der Waals surface area contributed by atoms with Crippen molar-refractivity contribution < 1.29 is 4.79 Å². The Morgan fingerprint density at radius 3 is 2.48 bits per heavy atom. The maximum atomic E-state index is 12.7. The first kappa shape index (κ1) is 24.9. The molecular weight excluding hydrogens is 527 g/mol. The molecule has 1 saturated heterocycles. The topological polar surface area (TPSA) is 75.8 Å². The second-order valence-corrected chi connectivity index (χ2v) is 7.93. The van der Waals surface area contributed by atoms with Crippen LogP contribution in [0.3, 0.4) is 0 Å². The van der Waals surface area contributed by atoms with Gasteiger partial charge in [0.1, 0.15) is 6.54 Å². The molecule has 0 aliphatic carbocycles. The lowest BCUT2D eigenvalue weighted by molar-refractivity contribution is -0.129. The molecule has 1 fully saturated rings. The molecule has 2 aromatic carbocycles. The van der Waals surface area contributed by atoms with Gasteiger partial charge in [-0.25, -0.2) is 4.99 Å². The van der Waals surface area contributed by atoms with E-state index in [-0.39, 0.29) is 36.4 Å². The lowest BCUT2D eigenvalue weighted by Crippen LogP contribution is -2.49. The summed E-state index contributed by atoms with van der Waals surface area (Å²) in [4.78, 5) is 24.8. The molecule has 3 N–H and O–H groups in total. The molecule has 2 heterocycles. The maximum Gasteiger partial charge on any atom is 0.244 e. The number of H-pyrrole nitrogens is 1. The number of aromatic amines is 1. The predicted octanol–water partition coefficient (Wildman–Crippen LogP) is 3.23. The molecule has 8 heteroatoms. The number of carbonyl (C=O) groups is 1. The zero-order valence-corrected chi connectivity index (χ0v) is 21.4. The predicted molar refractivity (Wildman–Crippen MR) is 147 cm³/mol. The third kappa shape index (κ3) is 6.63. The Balaban J connectivity index is 0.00000306. The fourth-order valence-corrected chi connectivity index (χ4v) is 4.10. The quantitative estimate of drug-likeness (QED) is 0.236. The Hall–Kier alpha value is -2.75. The first-order valence-corrected chi connectivity index (χ1v) is 11.4. The molecule has 1 aliphatic heterocycles. The lowest BCUT2D eigenvalue weighted by Gasteiger charge is -2.36. The van der Waals surface area contributed by atoms with E-state index in [1.807, 2.05) is 24.0 Å². The number of hydrogen-bond donors (Lipinski definition) is 3. The lowest BCUT2D eigenvalue weighted by atomic mass is 10.1. The van der Waals surface area contributed by atoms with Crippen LogP contribution >= 0.6 is 24.0 Å². The number of nitrogens with zero attached hydrogens (tertiary/aromatic N) is 3. The Bertz CT molecular complexity index is 1040. The molecule has 33 heavy (non-hydrogen) atoms. The van der Waals surface area contributed by atoms with Gasteiger partial charge in [-0.15, -0.1) is 24.0 Å². The molecule has 0 spiro atoms. The molecule has 0 atom stereocenters. The number of aromatic nitrogens is 1. The van der Waals surface area contributed by atoms with Crippen molar-refractivity contribution in [2.75, 3.05) is 50.7 Å². The fraction of sp³-hybridized carbons (Fsp3) is 0.360. The van der Waals surface area contributed by atoms with E-state index < -0.39 is 0 Å². The number of hydrogen-bond acceptors (Lipinski definition) is 3. The Labute approximate surface area is 212 Å². The van der Waals surface area contributed by atoms with Crippen molar-refractivity contribution in [2.45, 2.75) is 13.3 Å². The number of rotatable bonds is 7. The molecule has 1 aromatic heterocycles. The first-order valence-electron chi connectivity index (χ1n) is 11.4. The molecule has 0 unspecified atom stereocenters. The van der Waals surface area contributed by atoms with E-state index in [0.29, 0.717) is 5.96 Å². The van der Waals surface area contributed by atoms with Gasteiger partial charge >= 0.3 is 0 Å². The van der Waals surface area contributed by atoms with E-state index >= 15 is 0 Å². The fourth-order valence-electron chi connectivity index (χ4n) is 4.10.